The Morgan fingerprint density at radius 2 is 2.00 bits per heavy atom. The third kappa shape index (κ3) is 2.57. The van der Waals surface area contributed by atoms with Gasteiger partial charge in [-0.1, -0.05) is 24.3 Å². The third-order valence-corrected chi connectivity index (χ3v) is 1.70. The van der Waals surface area contributed by atoms with E-state index in [9.17, 15) is 4.79 Å². The molecule has 4 N–H and O–H groups in total. The summed E-state index contributed by atoms with van der Waals surface area (Å²) in [7, 11) is -1.56. The molecule has 1 aromatic rings. The first-order valence-electron chi connectivity index (χ1n) is 3.83. The lowest BCUT2D eigenvalue weighted by Gasteiger charge is -2.05. The normalized spacial score (nSPS) is 9.69. The van der Waals surface area contributed by atoms with Crippen LogP contribution in [0.1, 0.15) is 5.56 Å². The predicted octanol–water partition coefficient (Wildman–Crippen LogP) is -1.61. The molecule has 0 unspecified atom stereocenters. The van der Waals surface area contributed by atoms with Crippen molar-refractivity contribution in [2.45, 2.75) is 6.42 Å². The highest BCUT2D eigenvalue weighted by atomic mass is 16.4. The minimum Gasteiger partial charge on any atom is -0.423 e. The molecule has 0 saturated heterocycles. The monoisotopic (exact) mass is 179 g/mol. The van der Waals surface area contributed by atoms with Crippen molar-refractivity contribution < 1.29 is 14.8 Å². The molecule has 0 aliphatic carbocycles. The van der Waals surface area contributed by atoms with Gasteiger partial charge in [0, 0.05) is 0 Å². The average molecular weight is 179 g/mol. The van der Waals surface area contributed by atoms with Gasteiger partial charge in [0.05, 0.1) is 6.42 Å². The highest BCUT2D eigenvalue weighted by molar-refractivity contribution is 6.59. The first kappa shape index (κ1) is 9.76. The Balaban J connectivity index is 2.97. The Labute approximate surface area is 76.1 Å². The Kier molecular flexibility index (Phi) is 3.05. The number of carbonyl (C=O) groups excluding carboxylic acids is 1. The molecule has 5 heteroatoms. The van der Waals surface area contributed by atoms with Gasteiger partial charge >= 0.3 is 7.12 Å². The number of nitrogens with two attached hydrogens (primary N) is 1. The summed E-state index contributed by atoms with van der Waals surface area (Å²) in [6.45, 7) is 0. The van der Waals surface area contributed by atoms with Crippen molar-refractivity contribution >= 4 is 18.5 Å². The van der Waals surface area contributed by atoms with E-state index in [4.69, 9.17) is 15.8 Å². The van der Waals surface area contributed by atoms with Crippen LogP contribution < -0.4 is 11.2 Å². The minimum absolute atomic E-state index is 0.0216. The second kappa shape index (κ2) is 4.07. The van der Waals surface area contributed by atoms with Crippen LogP contribution in [0.15, 0.2) is 24.3 Å². The van der Waals surface area contributed by atoms with Crippen molar-refractivity contribution in [1.29, 1.82) is 0 Å². The van der Waals surface area contributed by atoms with E-state index in [0.29, 0.717) is 11.0 Å². The molecule has 0 fully saturated rings. The molecule has 1 rings (SSSR count). The van der Waals surface area contributed by atoms with Crippen LogP contribution in [0, 0.1) is 0 Å². The Hall–Kier alpha value is -1.33. The summed E-state index contributed by atoms with van der Waals surface area (Å²) in [4.78, 5) is 10.6. The van der Waals surface area contributed by atoms with Gasteiger partial charge in [-0.15, -0.1) is 0 Å². The SMILES string of the molecule is NC(=O)Cc1ccccc1B(O)O. The molecule has 1 amide bonds. The molecule has 68 valence electrons. The van der Waals surface area contributed by atoms with Gasteiger partial charge in [0.2, 0.25) is 5.91 Å². The molecule has 0 atom stereocenters. The molecule has 0 bridgehead atoms. The lowest BCUT2D eigenvalue weighted by molar-refractivity contribution is -0.117. The predicted molar refractivity (Wildman–Crippen MR) is 49.2 cm³/mol. The quantitative estimate of drug-likeness (QED) is 0.488. The molecule has 13 heavy (non-hydrogen) atoms. The van der Waals surface area contributed by atoms with E-state index in [1.54, 1.807) is 24.3 Å². The number of carbonyl (C=O) groups is 1. The van der Waals surface area contributed by atoms with Crippen molar-refractivity contribution in [3.63, 3.8) is 0 Å². The van der Waals surface area contributed by atoms with Gasteiger partial charge in [0.25, 0.3) is 0 Å². The van der Waals surface area contributed by atoms with Crippen LogP contribution in [-0.4, -0.2) is 23.1 Å². The van der Waals surface area contributed by atoms with Crippen LogP contribution >= 0.6 is 0 Å². The molecular weight excluding hydrogens is 169 g/mol. The van der Waals surface area contributed by atoms with Gasteiger partial charge < -0.3 is 15.8 Å². The number of amides is 1. The summed E-state index contributed by atoms with van der Waals surface area (Å²) in [6.07, 6.45) is 0.0216. The summed E-state index contributed by atoms with van der Waals surface area (Å²) in [6, 6.07) is 6.56. The molecule has 0 saturated carbocycles. The Bertz CT molecular complexity index is 314. The smallest absolute Gasteiger partial charge is 0.423 e. The Morgan fingerprint density at radius 3 is 2.54 bits per heavy atom. The van der Waals surface area contributed by atoms with Gasteiger partial charge in [0.1, 0.15) is 0 Å². The molecule has 0 aliphatic rings. The fourth-order valence-electron chi connectivity index (χ4n) is 1.13. The third-order valence-electron chi connectivity index (χ3n) is 1.70. The van der Waals surface area contributed by atoms with Crippen LogP contribution in [0.3, 0.4) is 0 Å². The lowest BCUT2D eigenvalue weighted by atomic mass is 9.76. The molecule has 0 spiro atoms. The van der Waals surface area contributed by atoms with Crippen LogP contribution in [0.4, 0.5) is 0 Å². The van der Waals surface area contributed by atoms with Crippen molar-refractivity contribution in [1.82, 2.24) is 0 Å². The van der Waals surface area contributed by atoms with E-state index < -0.39 is 13.0 Å². The highest BCUT2D eigenvalue weighted by Gasteiger charge is 2.15. The van der Waals surface area contributed by atoms with Crippen molar-refractivity contribution in [3.05, 3.63) is 29.8 Å². The van der Waals surface area contributed by atoms with Crippen molar-refractivity contribution in [3.8, 4) is 0 Å². The number of rotatable bonds is 3. The standard InChI is InChI=1S/C8H10BNO3/c10-8(11)5-6-3-1-2-4-7(6)9(12)13/h1-4,12-13H,5H2,(H2,10,11). The summed E-state index contributed by atoms with van der Waals surface area (Å²) in [5.74, 6) is -0.492. The van der Waals surface area contributed by atoms with E-state index >= 15 is 0 Å². The average Bonchev–Trinajstić information content (AvgIpc) is 2.03. The second-order valence-corrected chi connectivity index (χ2v) is 2.72. The van der Waals surface area contributed by atoms with E-state index in [0.717, 1.165) is 0 Å². The zero-order chi connectivity index (χ0) is 9.84. The molecule has 0 aliphatic heterocycles. The van der Waals surface area contributed by atoms with Gasteiger partial charge in [-0.3, -0.25) is 4.79 Å². The van der Waals surface area contributed by atoms with Crippen LogP contribution in [0.5, 0.6) is 0 Å². The van der Waals surface area contributed by atoms with E-state index in [-0.39, 0.29) is 6.42 Å². The van der Waals surface area contributed by atoms with Crippen LogP contribution in [0.2, 0.25) is 0 Å². The van der Waals surface area contributed by atoms with Gasteiger partial charge in [-0.25, -0.2) is 0 Å². The molecule has 4 nitrogen and oxygen atoms in total. The lowest BCUT2D eigenvalue weighted by Crippen LogP contribution is -2.34. The summed E-state index contributed by atoms with van der Waals surface area (Å²) >= 11 is 0. The zero-order valence-electron chi connectivity index (χ0n) is 6.97. The van der Waals surface area contributed by atoms with E-state index in [2.05, 4.69) is 0 Å². The Morgan fingerprint density at radius 1 is 1.38 bits per heavy atom. The second-order valence-electron chi connectivity index (χ2n) is 2.72. The fourth-order valence-corrected chi connectivity index (χ4v) is 1.13. The fraction of sp³-hybridized carbons (Fsp3) is 0.125. The zero-order valence-corrected chi connectivity index (χ0v) is 6.97. The first-order chi connectivity index (χ1) is 6.11. The summed E-state index contributed by atoms with van der Waals surface area (Å²) < 4.78 is 0. The summed E-state index contributed by atoms with van der Waals surface area (Å²) in [5.41, 5.74) is 5.86. The van der Waals surface area contributed by atoms with Gasteiger partial charge in [0.15, 0.2) is 0 Å². The maximum atomic E-state index is 10.6. The molecular formula is C8H10BNO3. The maximum absolute atomic E-state index is 10.6. The largest absolute Gasteiger partial charge is 0.488 e. The minimum atomic E-state index is -1.56. The number of benzene rings is 1. The highest BCUT2D eigenvalue weighted by Crippen LogP contribution is 1.97. The van der Waals surface area contributed by atoms with Gasteiger partial charge in [-0.05, 0) is 11.0 Å². The first-order valence-corrected chi connectivity index (χ1v) is 3.83. The molecule has 1 aromatic carbocycles. The molecule has 0 radical (unpaired) electrons. The number of hydrogen-bond donors (Lipinski definition) is 3. The summed E-state index contributed by atoms with van der Waals surface area (Å²) in [5, 5.41) is 17.8. The number of hydrogen-bond acceptors (Lipinski definition) is 3. The topological polar surface area (TPSA) is 83.6 Å². The van der Waals surface area contributed by atoms with Crippen molar-refractivity contribution in [2.75, 3.05) is 0 Å². The number of primary amides is 1. The van der Waals surface area contributed by atoms with E-state index in [1.165, 1.54) is 0 Å². The molecule has 0 aromatic heterocycles. The molecule has 0 heterocycles. The van der Waals surface area contributed by atoms with Crippen molar-refractivity contribution in [2.24, 2.45) is 5.73 Å². The van der Waals surface area contributed by atoms with Gasteiger partial charge in [-0.2, -0.15) is 0 Å². The van der Waals surface area contributed by atoms with Crippen LogP contribution in [0.25, 0.3) is 0 Å². The maximum Gasteiger partial charge on any atom is 0.488 e. The van der Waals surface area contributed by atoms with E-state index in [1.807, 2.05) is 0 Å². The van der Waals surface area contributed by atoms with Crippen LogP contribution in [-0.2, 0) is 11.2 Å².